The van der Waals surface area contributed by atoms with Gasteiger partial charge in [-0.05, 0) is 57.2 Å². The molecule has 0 spiro atoms. The van der Waals surface area contributed by atoms with Gasteiger partial charge in [-0.1, -0.05) is 23.7 Å². The van der Waals surface area contributed by atoms with Crippen LogP contribution in [-0.2, 0) is 10.0 Å². The van der Waals surface area contributed by atoms with Crippen LogP contribution < -0.4 is 10.0 Å². The second kappa shape index (κ2) is 6.93. The van der Waals surface area contributed by atoms with Crippen LogP contribution in [0, 0.1) is 0 Å². The van der Waals surface area contributed by atoms with E-state index in [1.165, 1.54) is 24.3 Å². The number of benzene rings is 2. The molecule has 2 aromatic rings. The highest BCUT2D eigenvalue weighted by Crippen LogP contribution is 2.21. The molecular weight excluding hydrogens is 348 g/mol. The molecule has 128 valence electrons. The average molecular weight is 367 g/mol. The van der Waals surface area contributed by atoms with E-state index in [2.05, 4.69) is 10.0 Å². The minimum absolute atomic E-state index is 0.103. The van der Waals surface area contributed by atoms with Crippen LogP contribution in [0.25, 0.3) is 0 Å². The molecule has 7 heteroatoms. The van der Waals surface area contributed by atoms with E-state index >= 15 is 0 Å². The largest absolute Gasteiger partial charge is 0.321 e. The van der Waals surface area contributed by atoms with Gasteiger partial charge in [-0.25, -0.2) is 13.1 Å². The molecule has 0 saturated heterocycles. The van der Waals surface area contributed by atoms with Crippen molar-refractivity contribution in [2.75, 3.05) is 5.32 Å². The van der Waals surface area contributed by atoms with Crippen molar-refractivity contribution in [3.8, 4) is 0 Å². The number of hydrogen-bond donors (Lipinski definition) is 2. The normalized spacial score (nSPS) is 12.0. The first-order chi connectivity index (χ1) is 11.1. The maximum absolute atomic E-state index is 12.2. The molecule has 0 aliphatic carbocycles. The quantitative estimate of drug-likeness (QED) is 0.866. The van der Waals surface area contributed by atoms with Gasteiger partial charge in [-0.3, -0.25) is 4.79 Å². The second-order valence-electron chi connectivity index (χ2n) is 6.31. The van der Waals surface area contributed by atoms with Crippen LogP contribution in [0.15, 0.2) is 53.4 Å². The molecule has 0 aliphatic rings. The zero-order chi connectivity index (χ0) is 18.0. The number of rotatable bonds is 4. The predicted octanol–water partition coefficient (Wildman–Crippen LogP) is 3.67. The third-order valence-corrected chi connectivity index (χ3v) is 5.09. The lowest BCUT2D eigenvalue weighted by Crippen LogP contribution is -2.40. The first kappa shape index (κ1) is 18.4. The molecule has 24 heavy (non-hydrogen) atoms. The zero-order valence-electron chi connectivity index (χ0n) is 13.6. The van der Waals surface area contributed by atoms with Crippen molar-refractivity contribution in [1.82, 2.24) is 4.72 Å². The first-order valence-corrected chi connectivity index (χ1v) is 9.14. The molecule has 0 atom stereocenters. The van der Waals surface area contributed by atoms with Crippen molar-refractivity contribution >= 4 is 33.2 Å². The van der Waals surface area contributed by atoms with Gasteiger partial charge in [-0.2, -0.15) is 0 Å². The van der Waals surface area contributed by atoms with E-state index in [0.29, 0.717) is 16.3 Å². The van der Waals surface area contributed by atoms with Crippen LogP contribution in [0.1, 0.15) is 31.1 Å². The van der Waals surface area contributed by atoms with Gasteiger partial charge in [-0.15, -0.1) is 0 Å². The summed E-state index contributed by atoms with van der Waals surface area (Å²) in [6.07, 6.45) is 0. The number of amides is 1. The molecule has 0 fully saturated rings. The maximum Gasteiger partial charge on any atom is 0.255 e. The summed E-state index contributed by atoms with van der Waals surface area (Å²) >= 11 is 6.00. The van der Waals surface area contributed by atoms with E-state index in [1.54, 1.807) is 45.0 Å². The highest BCUT2D eigenvalue weighted by molar-refractivity contribution is 7.89. The Labute approximate surface area is 147 Å². The van der Waals surface area contributed by atoms with Crippen molar-refractivity contribution in [1.29, 1.82) is 0 Å². The summed E-state index contributed by atoms with van der Waals surface area (Å²) in [6.45, 7) is 5.28. The highest BCUT2D eigenvalue weighted by atomic mass is 35.5. The minimum Gasteiger partial charge on any atom is -0.321 e. The average Bonchev–Trinajstić information content (AvgIpc) is 2.47. The molecule has 5 nitrogen and oxygen atoms in total. The van der Waals surface area contributed by atoms with Gasteiger partial charge in [0, 0.05) is 11.1 Å². The Morgan fingerprint density at radius 1 is 1.00 bits per heavy atom. The van der Waals surface area contributed by atoms with E-state index in [1.807, 2.05) is 0 Å². The fraction of sp³-hybridized carbons (Fsp3) is 0.235. The Hall–Kier alpha value is -1.89. The van der Waals surface area contributed by atoms with Crippen molar-refractivity contribution < 1.29 is 13.2 Å². The van der Waals surface area contributed by atoms with Gasteiger partial charge in [0.15, 0.2) is 0 Å². The van der Waals surface area contributed by atoms with Crippen LogP contribution >= 0.6 is 11.6 Å². The van der Waals surface area contributed by atoms with Crippen molar-refractivity contribution in [3.05, 3.63) is 59.1 Å². The van der Waals surface area contributed by atoms with Gasteiger partial charge >= 0.3 is 0 Å². The van der Waals surface area contributed by atoms with Crippen molar-refractivity contribution in [3.63, 3.8) is 0 Å². The number of para-hydroxylation sites is 1. The van der Waals surface area contributed by atoms with Gasteiger partial charge in [0.05, 0.1) is 15.6 Å². The van der Waals surface area contributed by atoms with Crippen molar-refractivity contribution in [2.24, 2.45) is 0 Å². The SMILES string of the molecule is CC(C)(C)NS(=O)(=O)c1ccc(C(=O)Nc2ccccc2Cl)cc1. The number of anilines is 1. The molecule has 0 heterocycles. The summed E-state index contributed by atoms with van der Waals surface area (Å²) in [4.78, 5) is 12.3. The van der Waals surface area contributed by atoms with Crippen LogP contribution in [0.5, 0.6) is 0 Å². The Kier molecular flexibility index (Phi) is 5.32. The molecule has 0 aromatic heterocycles. The smallest absolute Gasteiger partial charge is 0.255 e. The van der Waals surface area contributed by atoms with Gasteiger partial charge < -0.3 is 5.32 Å². The Balaban J connectivity index is 2.17. The Bertz CT molecular complexity index is 841. The third kappa shape index (κ3) is 4.80. The van der Waals surface area contributed by atoms with Crippen LogP contribution in [0.3, 0.4) is 0 Å². The first-order valence-electron chi connectivity index (χ1n) is 7.28. The van der Waals surface area contributed by atoms with Gasteiger partial charge in [0.1, 0.15) is 0 Å². The second-order valence-corrected chi connectivity index (χ2v) is 8.40. The molecule has 2 aromatic carbocycles. The Morgan fingerprint density at radius 2 is 1.58 bits per heavy atom. The lowest BCUT2D eigenvalue weighted by atomic mass is 10.1. The monoisotopic (exact) mass is 366 g/mol. The fourth-order valence-electron chi connectivity index (χ4n) is 2.00. The summed E-state index contributed by atoms with van der Waals surface area (Å²) in [5.74, 6) is -0.365. The Morgan fingerprint density at radius 3 is 2.12 bits per heavy atom. The zero-order valence-corrected chi connectivity index (χ0v) is 15.2. The van der Waals surface area contributed by atoms with E-state index in [0.717, 1.165) is 0 Å². The van der Waals surface area contributed by atoms with Crippen molar-refractivity contribution in [2.45, 2.75) is 31.2 Å². The molecule has 1 amide bonds. The van der Waals surface area contributed by atoms with E-state index in [-0.39, 0.29) is 10.8 Å². The molecule has 0 saturated carbocycles. The number of halogens is 1. The molecule has 0 bridgehead atoms. The van der Waals surface area contributed by atoms with E-state index in [4.69, 9.17) is 11.6 Å². The number of sulfonamides is 1. The highest BCUT2D eigenvalue weighted by Gasteiger charge is 2.22. The molecule has 2 rings (SSSR count). The van der Waals surface area contributed by atoms with Gasteiger partial charge in [0.25, 0.3) is 5.91 Å². The fourth-order valence-corrected chi connectivity index (χ4v) is 3.61. The summed E-state index contributed by atoms with van der Waals surface area (Å²) in [7, 11) is -3.63. The van der Waals surface area contributed by atoms with E-state index in [9.17, 15) is 13.2 Å². The molecule has 0 unspecified atom stereocenters. The standard InChI is InChI=1S/C17H19ClN2O3S/c1-17(2,3)20-24(22,23)13-10-8-12(9-11-13)16(21)19-15-7-5-4-6-14(15)18/h4-11,20H,1-3H3,(H,19,21). The van der Waals surface area contributed by atoms with Crippen LogP contribution in [-0.4, -0.2) is 19.9 Å². The maximum atomic E-state index is 12.2. The molecule has 2 N–H and O–H groups in total. The lowest BCUT2D eigenvalue weighted by molar-refractivity contribution is 0.102. The summed E-state index contributed by atoms with van der Waals surface area (Å²) in [5, 5.41) is 3.12. The molecule has 0 aliphatic heterocycles. The number of carbonyl (C=O) groups is 1. The number of nitrogens with one attached hydrogen (secondary N) is 2. The summed E-state index contributed by atoms with van der Waals surface area (Å²) in [6, 6.07) is 12.6. The topological polar surface area (TPSA) is 75.3 Å². The molecular formula is C17H19ClN2O3S. The predicted molar refractivity (Wildman–Crippen MR) is 95.9 cm³/mol. The van der Waals surface area contributed by atoms with Crippen LogP contribution in [0.4, 0.5) is 5.69 Å². The summed E-state index contributed by atoms with van der Waals surface area (Å²) < 4.78 is 27.0. The summed E-state index contributed by atoms with van der Waals surface area (Å²) in [5.41, 5.74) is 0.249. The number of carbonyl (C=O) groups excluding carboxylic acids is 1. The minimum atomic E-state index is -3.63. The lowest BCUT2D eigenvalue weighted by Gasteiger charge is -2.20. The van der Waals surface area contributed by atoms with Crippen LogP contribution in [0.2, 0.25) is 5.02 Å². The van der Waals surface area contributed by atoms with E-state index < -0.39 is 15.6 Å². The third-order valence-electron chi connectivity index (χ3n) is 2.99. The van der Waals surface area contributed by atoms with Gasteiger partial charge in [0.2, 0.25) is 10.0 Å². The number of hydrogen-bond acceptors (Lipinski definition) is 3. The molecule has 0 radical (unpaired) electrons.